The molecular weight excluding hydrogens is 338 g/mol. The molecule has 27 heavy (non-hydrogen) atoms. The average molecular weight is 367 g/mol. The normalized spacial score (nSPS) is 15.0. The Bertz CT molecular complexity index is 744. The van der Waals surface area contributed by atoms with E-state index in [0.717, 1.165) is 68.2 Å². The van der Waals surface area contributed by atoms with Crippen LogP contribution in [-0.2, 0) is 12.8 Å². The van der Waals surface area contributed by atoms with Crippen molar-refractivity contribution < 1.29 is 4.79 Å². The zero-order valence-corrected chi connectivity index (χ0v) is 16.5. The first kappa shape index (κ1) is 19.3. The van der Waals surface area contributed by atoms with E-state index < -0.39 is 0 Å². The standard InChI is InChI=1S/C21H29N5O/c1-4-16-8-7-9-17(5-2)20(16)22-21(27)18-10-11-19(24-23-18)26-14-12-25(6-3)13-15-26/h7-11H,4-6,12-15H2,1-3H3,(H,22,27). The summed E-state index contributed by atoms with van der Waals surface area (Å²) in [5.74, 6) is 0.631. The third-order valence-corrected chi connectivity index (χ3v) is 5.26. The number of nitrogens with zero attached hydrogens (tertiary/aromatic N) is 4. The summed E-state index contributed by atoms with van der Waals surface area (Å²) in [5.41, 5.74) is 3.54. The Labute approximate surface area is 161 Å². The highest BCUT2D eigenvalue weighted by molar-refractivity contribution is 6.03. The largest absolute Gasteiger partial charge is 0.353 e. The van der Waals surface area contributed by atoms with Crippen LogP contribution < -0.4 is 10.2 Å². The van der Waals surface area contributed by atoms with Crippen LogP contribution in [0.4, 0.5) is 11.5 Å². The molecule has 0 radical (unpaired) electrons. The third kappa shape index (κ3) is 4.45. The number of aryl methyl sites for hydroxylation is 2. The Hall–Kier alpha value is -2.47. The average Bonchev–Trinajstić information content (AvgIpc) is 2.74. The van der Waals surface area contributed by atoms with Crippen molar-refractivity contribution in [1.82, 2.24) is 15.1 Å². The van der Waals surface area contributed by atoms with Crippen LogP contribution in [0.5, 0.6) is 0 Å². The van der Waals surface area contributed by atoms with E-state index in [4.69, 9.17) is 0 Å². The number of anilines is 2. The van der Waals surface area contributed by atoms with E-state index in [1.807, 2.05) is 12.1 Å². The lowest BCUT2D eigenvalue weighted by atomic mass is 10.0. The molecule has 0 aliphatic carbocycles. The van der Waals surface area contributed by atoms with E-state index in [-0.39, 0.29) is 5.91 Å². The number of piperazine rings is 1. The fourth-order valence-electron chi connectivity index (χ4n) is 3.49. The van der Waals surface area contributed by atoms with Gasteiger partial charge in [0.15, 0.2) is 11.5 Å². The Balaban J connectivity index is 1.70. The monoisotopic (exact) mass is 367 g/mol. The van der Waals surface area contributed by atoms with Gasteiger partial charge in [0, 0.05) is 31.9 Å². The molecule has 6 heteroatoms. The topological polar surface area (TPSA) is 61.4 Å². The van der Waals surface area contributed by atoms with Crippen molar-refractivity contribution in [2.24, 2.45) is 0 Å². The number of carbonyl (C=O) groups excluding carboxylic acids is 1. The molecule has 2 aromatic rings. The predicted octanol–water partition coefficient (Wildman–Crippen LogP) is 3.00. The quantitative estimate of drug-likeness (QED) is 0.850. The molecule has 1 aliphatic heterocycles. The predicted molar refractivity (Wildman–Crippen MR) is 110 cm³/mol. The summed E-state index contributed by atoms with van der Waals surface area (Å²) in [4.78, 5) is 17.3. The molecule has 2 heterocycles. The van der Waals surface area contributed by atoms with Crippen LogP contribution >= 0.6 is 0 Å². The number of aromatic nitrogens is 2. The smallest absolute Gasteiger partial charge is 0.276 e. The second-order valence-electron chi connectivity index (χ2n) is 6.81. The van der Waals surface area contributed by atoms with Gasteiger partial charge < -0.3 is 15.1 Å². The Morgan fingerprint density at radius 1 is 0.963 bits per heavy atom. The summed E-state index contributed by atoms with van der Waals surface area (Å²) < 4.78 is 0. The molecule has 3 rings (SSSR count). The number of nitrogens with one attached hydrogen (secondary N) is 1. The highest BCUT2D eigenvalue weighted by Gasteiger charge is 2.18. The van der Waals surface area contributed by atoms with E-state index in [9.17, 15) is 4.79 Å². The molecule has 0 atom stereocenters. The summed E-state index contributed by atoms with van der Waals surface area (Å²) in [5, 5.41) is 11.5. The highest BCUT2D eigenvalue weighted by atomic mass is 16.1. The van der Waals surface area contributed by atoms with Crippen LogP contribution in [0.15, 0.2) is 30.3 Å². The molecule has 1 saturated heterocycles. The van der Waals surface area contributed by atoms with E-state index in [1.165, 1.54) is 0 Å². The molecule has 0 unspecified atom stereocenters. The molecule has 1 amide bonds. The van der Waals surface area contributed by atoms with Gasteiger partial charge in [0.05, 0.1) is 0 Å². The van der Waals surface area contributed by atoms with Crippen LogP contribution in [0, 0.1) is 0 Å². The van der Waals surface area contributed by atoms with Crippen molar-refractivity contribution in [3.63, 3.8) is 0 Å². The Morgan fingerprint density at radius 3 is 2.15 bits per heavy atom. The van der Waals surface area contributed by atoms with Crippen molar-refractivity contribution in [1.29, 1.82) is 0 Å². The lowest BCUT2D eigenvalue weighted by Crippen LogP contribution is -2.46. The van der Waals surface area contributed by atoms with Crippen LogP contribution in [0.25, 0.3) is 0 Å². The van der Waals surface area contributed by atoms with E-state index >= 15 is 0 Å². The molecule has 1 aromatic carbocycles. The summed E-state index contributed by atoms with van der Waals surface area (Å²) in [6, 6.07) is 9.82. The minimum atomic E-state index is -0.208. The third-order valence-electron chi connectivity index (χ3n) is 5.26. The Kier molecular flexibility index (Phi) is 6.40. The van der Waals surface area contributed by atoms with E-state index in [0.29, 0.717) is 5.69 Å². The second kappa shape index (κ2) is 8.95. The first-order valence-corrected chi connectivity index (χ1v) is 9.89. The molecule has 6 nitrogen and oxygen atoms in total. The first-order chi connectivity index (χ1) is 13.2. The van der Waals surface area contributed by atoms with Gasteiger partial charge in [-0.3, -0.25) is 4.79 Å². The van der Waals surface area contributed by atoms with E-state index in [1.54, 1.807) is 6.07 Å². The van der Waals surface area contributed by atoms with Crippen molar-refractivity contribution in [3.8, 4) is 0 Å². The molecule has 1 fully saturated rings. The van der Waals surface area contributed by atoms with Gasteiger partial charge in [-0.1, -0.05) is 39.0 Å². The second-order valence-corrected chi connectivity index (χ2v) is 6.81. The van der Waals surface area contributed by atoms with Gasteiger partial charge in [-0.15, -0.1) is 10.2 Å². The number of para-hydroxylation sites is 1. The Morgan fingerprint density at radius 2 is 1.63 bits per heavy atom. The molecular formula is C21H29N5O. The first-order valence-electron chi connectivity index (χ1n) is 9.89. The van der Waals surface area contributed by atoms with Crippen molar-refractivity contribution in [3.05, 3.63) is 47.2 Å². The fraction of sp³-hybridized carbons (Fsp3) is 0.476. The van der Waals surface area contributed by atoms with Gasteiger partial charge in [0.2, 0.25) is 0 Å². The summed E-state index contributed by atoms with van der Waals surface area (Å²) in [6.45, 7) is 11.4. The molecule has 144 valence electrons. The van der Waals surface area contributed by atoms with Gasteiger partial charge in [-0.2, -0.15) is 0 Å². The lowest BCUT2D eigenvalue weighted by molar-refractivity contribution is 0.102. The summed E-state index contributed by atoms with van der Waals surface area (Å²) in [6.07, 6.45) is 1.75. The number of amides is 1. The van der Waals surface area contributed by atoms with E-state index in [2.05, 4.69) is 58.2 Å². The number of carbonyl (C=O) groups is 1. The van der Waals surface area contributed by atoms with Gasteiger partial charge >= 0.3 is 0 Å². The van der Waals surface area contributed by atoms with Gasteiger partial charge in [0.1, 0.15) is 0 Å². The molecule has 1 N–H and O–H groups in total. The van der Waals surface area contributed by atoms with Crippen molar-refractivity contribution in [2.75, 3.05) is 42.9 Å². The molecule has 1 aromatic heterocycles. The van der Waals surface area contributed by atoms with Crippen LogP contribution in [-0.4, -0.2) is 53.7 Å². The zero-order chi connectivity index (χ0) is 19.2. The maximum Gasteiger partial charge on any atom is 0.276 e. The van der Waals surface area contributed by atoms with Crippen molar-refractivity contribution >= 4 is 17.4 Å². The molecule has 0 saturated carbocycles. The minimum absolute atomic E-state index is 0.208. The molecule has 1 aliphatic rings. The lowest BCUT2D eigenvalue weighted by Gasteiger charge is -2.34. The van der Waals surface area contributed by atoms with Crippen molar-refractivity contribution in [2.45, 2.75) is 33.6 Å². The number of benzene rings is 1. The number of likely N-dealkylation sites (N-methyl/N-ethyl adjacent to an activating group) is 1. The number of hydrogen-bond donors (Lipinski definition) is 1. The highest BCUT2D eigenvalue weighted by Crippen LogP contribution is 2.23. The minimum Gasteiger partial charge on any atom is -0.353 e. The van der Waals surface area contributed by atoms with Crippen LogP contribution in [0.3, 0.4) is 0 Å². The number of rotatable bonds is 6. The maximum atomic E-state index is 12.7. The fourth-order valence-corrected chi connectivity index (χ4v) is 3.49. The van der Waals surface area contributed by atoms with Gasteiger partial charge in [-0.25, -0.2) is 0 Å². The summed E-state index contributed by atoms with van der Waals surface area (Å²) >= 11 is 0. The zero-order valence-electron chi connectivity index (χ0n) is 16.5. The van der Waals surface area contributed by atoms with Gasteiger partial charge in [0.25, 0.3) is 5.91 Å². The molecule has 0 spiro atoms. The SMILES string of the molecule is CCc1cccc(CC)c1NC(=O)c1ccc(N2CCN(CC)CC2)nn1. The summed E-state index contributed by atoms with van der Waals surface area (Å²) in [7, 11) is 0. The van der Waals surface area contributed by atoms with Crippen LogP contribution in [0.2, 0.25) is 0 Å². The molecule has 0 bridgehead atoms. The maximum absolute atomic E-state index is 12.7. The van der Waals surface area contributed by atoms with Gasteiger partial charge in [-0.05, 0) is 42.6 Å². The van der Waals surface area contributed by atoms with Crippen LogP contribution in [0.1, 0.15) is 42.4 Å². The number of hydrogen-bond acceptors (Lipinski definition) is 5.